The van der Waals surface area contributed by atoms with Crippen molar-refractivity contribution in [1.82, 2.24) is 5.32 Å². The zero-order valence-corrected chi connectivity index (χ0v) is 12.7. The summed E-state index contributed by atoms with van der Waals surface area (Å²) in [6, 6.07) is 13.0. The Morgan fingerprint density at radius 3 is 2.43 bits per heavy atom. The highest BCUT2D eigenvalue weighted by Gasteiger charge is 2.24. The molecule has 21 heavy (non-hydrogen) atoms. The van der Waals surface area contributed by atoms with Gasteiger partial charge in [-0.25, -0.2) is 0 Å². The van der Waals surface area contributed by atoms with E-state index < -0.39 is 0 Å². The largest absolute Gasteiger partial charge is 0.322 e. The second-order valence-corrected chi connectivity index (χ2v) is 5.81. The number of anilines is 1. The standard InChI is InChI=1S/C16H14Cl2N2O/c17-12-6-3-7-13(18)15(12)20-16(21)14-8-10-4-1-2-5-11(10)9-19-14/h1-7,14,19H,8-9H2,(H,20,21). The maximum Gasteiger partial charge on any atom is 0.241 e. The topological polar surface area (TPSA) is 41.1 Å². The lowest BCUT2D eigenvalue weighted by Gasteiger charge is -2.25. The Bertz CT molecular complexity index is 667. The maximum absolute atomic E-state index is 12.4. The Hall–Kier alpha value is -1.55. The van der Waals surface area contributed by atoms with Crippen LogP contribution in [0.3, 0.4) is 0 Å². The zero-order valence-electron chi connectivity index (χ0n) is 11.2. The van der Waals surface area contributed by atoms with Gasteiger partial charge in [0.2, 0.25) is 5.91 Å². The third-order valence-corrected chi connectivity index (χ3v) is 4.24. The Labute approximate surface area is 133 Å². The number of amides is 1. The minimum absolute atomic E-state index is 0.125. The van der Waals surface area contributed by atoms with Gasteiger partial charge in [0.15, 0.2) is 0 Å². The lowest BCUT2D eigenvalue weighted by atomic mass is 9.95. The molecule has 1 amide bonds. The van der Waals surface area contributed by atoms with Gasteiger partial charge in [0.25, 0.3) is 0 Å². The van der Waals surface area contributed by atoms with Crippen molar-refractivity contribution in [3.05, 3.63) is 63.6 Å². The summed E-state index contributed by atoms with van der Waals surface area (Å²) in [6.07, 6.45) is 0.657. The highest BCUT2D eigenvalue weighted by atomic mass is 35.5. The molecule has 0 saturated carbocycles. The van der Waals surface area contributed by atoms with Crippen LogP contribution in [0.1, 0.15) is 11.1 Å². The van der Waals surface area contributed by atoms with E-state index in [1.165, 1.54) is 11.1 Å². The van der Waals surface area contributed by atoms with Gasteiger partial charge in [0.05, 0.1) is 21.8 Å². The van der Waals surface area contributed by atoms with E-state index in [0.717, 1.165) is 0 Å². The molecule has 0 fully saturated rings. The van der Waals surface area contributed by atoms with Crippen LogP contribution in [0, 0.1) is 0 Å². The van der Waals surface area contributed by atoms with Crippen molar-refractivity contribution in [3.8, 4) is 0 Å². The van der Waals surface area contributed by atoms with Gasteiger partial charge in [-0.05, 0) is 29.7 Å². The van der Waals surface area contributed by atoms with E-state index >= 15 is 0 Å². The van der Waals surface area contributed by atoms with Crippen molar-refractivity contribution in [3.63, 3.8) is 0 Å². The molecule has 3 nitrogen and oxygen atoms in total. The first-order valence-corrected chi connectivity index (χ1v) is 7.46. The first-order chi connectivity index (χ1) is 10.1. The van der Waals surface area contributed by atoms with Crippen molar-refractivity contribution in [1.29, 1.82) is 0 Å². The maximum atomic E-state index is 12.4. The fraction of sp³-hybridized carbons (Fsp3) is 0.188. The third kappa shape index (κ3) is 3.05. The smallest absolute Gasteiger partial charge is 0.241 e. The van der Waals surface area contributed by atoms with Crippen LogP contribution in [-0.2, 0) is 17.8 Å². The SMILES string of the molecule is O=C(Nc1c(Cl)cccc1Cl)C1Cc2ccccc2CN1. The molecule has 2 aromatic carbocycles. The molecule has 0 spiro atoms. The summed E-state index contributed by atoms with van der Waals surface area (Å²) in [6.45, 7) is 0.685. The average Bonchev–Trinajstić information content (AvgIpc) is 2.50. The van der Waals surface area contributed by atoms with Crippen LogP contribution in [-0.4, -0.2) is 11.9 Å². The summed E-state index contributed by atoms with van der Waals surface area (Å²) in [7, 11) is 0. The number of benzene rings is 2. The van der Waals surface area contributed by atoms with Crippen molar-refractivity contribution < 1.29 is 4.79 Å². The summed E-state index contributed by atoms with van der Waals surface area (Å²) in [4.78, 5) is 12.4. The Balaban J connectivity index is 1.76. The van der Waals surface area contributed by atoms with Gasteiger partial charge < -0.3 is 10.6 Å². The van der Waals surface area contributed by atoms with E-state index in [1.807, 2.05) is 12.1 Å². The fourth-order valence-corrected chi connectivity index (χ4v) is 2.96. The highest BCUT2D eigenvalue weighted by Crippen LogP contribution is 2.30. The monoisotopic (exact) mass is 320 g/mol. The lowest BCUT2D eigenvalue weighted by Crippen LogP contribution is -2.44. The molecular formula is C16H14Cl2N2O. The summed E-state index contributed by atoms with van der Waals surface area (Å²) in [5.41, 5.74) is 2.89. The number of nitrogens with one attached hydrogen (secondary N) is 2. The molecule has 1 heterocycles. The number of carbonyl (C=O) groups is 1. The molecule has 108 valence electrons. The van der Waals surface area contributed by atoms with Crippen molar-refractivity contribution >= 4 is 34.8 Å². The number of carbonyl (C=O) groups excluding carboxylic acids is 1. The van der Waals surface area contributed by atoms with Crippen molar-refractivity contribution in [2.45, 2.75) is 19.0 Å². The van der Waals surface area contributed by atoms with Crippen LogP contribution < -0.4 is 10.6 Å². The van der Waals surface area contributed by atoms with Gasteiger partial charge in [-0.1, -0.05) is 53.5 Å². The molecule has 2 N–H and O–H groups in total. The normalized spacial score (nSPS) is 17.1. The van der Waals surface area contributed by atoms with E-state index in [-0.39, 0.29) is 11.9 Å². The first-order valence-electron chi connectivity index (χ1n) is 6.70. The van der Waals surface area contributed by atoms with Crippen LogP contribution in [0.4, 0.5) is 5.69 Å². The van der Waals surface area contributed by atoms with E-state index in [9.17, 15) is 4.79 Å². The fourth-order valence-electron chi connectivity index (χ4n) is 2.47. The molecule has 0 aromatic heterocycles. The molecule has 2 aromatic rings. The van der Waals surface area contributed by atoms with Crippen molar-refractivity contribution in [2.75, 3.05) is 5.32 Å². The molecule has 1 aliphatic heterocycles. The van der Waals surface area contributed by atoms with Gasteiger partial charge in [0, 0.05) is 6.54 Å². The van der Waals surface area contributed by atoms with Gasteiger partial charge >= 0.3 is 0 Å². The van der Waals surface area contributed by atoms with Gasteiger partial charge in [-0.2, -0.15) is 0 Å². The van der Waals surface area contributed by atoms with Crippen LogP contribution in [0.2, 0.25) is 10.0 Å². The minimum atomic E-state index is -0.285. The molecule has 0 bridgehead atoms. The van der Waals surface area contributed by atoms with E-state index in [2.05, 4.69) is 22.8 Å². The number of rotatable bonds is 2. The summed E-state index contributed by atoms with van der Waals surface area (Å²) >= 11 is 12.1. The van der Waals surface area contributed by atoms with Crippen LogP contribution in [0.25, 0.3) is 0 Å². The predicted molar refractivity (Wildman–Crippen MR) is 85.9 cm³/mol. The van der Waals surface area contributed by atoms with E-state index in [1.54, 1.807) is 18.2 Å². The van der Waals surface area contributed by atoms with Crippen LogP contribution in [0.5, 0.6) is 0 Å². The lowest BCUT2D eigenvalue weighted by molar-refractivity contribution is -0.118. The predicted octanol–water partition coefficient (Wildman–Crippen LogP) is 3.65. The molecule has 3 rings (SSSR count). The molecule has 5 heteroatoms. The second kappa shape index (κ2) is 6.06. The molecule has 0 aliphatic carbocycles. The molecule has 1 aliphatic rings. The summed E-state index contributed by atoms with van der Waals surface area (Å²) < 4.78 is 0. The van der Waals surface area contributed by atoms with Crippen molar-refractivity contribution in [2.24, 2.45) is 0 Å². The number of para-hydroxylation sites is 1. The Morgan fingerprint density at radius 2 is 1.71 bits per heavy atom. The summed E-state index contributed by atoms with van der Waals surface area (Å²) in [5.74, 6) is -0.125. The van der Waals surface area contributed by atoms with E-state index in [4.69, 9.17) is 23.2 Å². The molecular weight excluding hydrogens is 307 g/mol. The second-order valence-electron chi connectivity index (χ2n) is 4.99. The zero-order chi connectivity index (χ0) is 14.8. The van der Waals surface area contributed by atoms with E-state index in [0.29, 0.717) is 28.7 Å². The molecule has 0 saturated heterocycles. The number of fused-ring (bicyclic) bond motifs is 1. The highest BCUT2D eigenvalue weighted by molar-refractivity contribution is 6.39. The van der Waals surface area contributed by atoms with Gasteiger partial charge in [-0.3, -0.25) is 4.79 Å². The molecule has 0 radical (unpaired) electrons. The molecule has 1 unspecified atom stereocenters. The number of hydrogen-bond acceptors (Lipinski definition) is 2. The Kier molecular flexibility index (Phi) is 4.15. The summed E-state index contributed by atoms with van der Waals surface area (Å²) in [5, 5.41) is 6.92. The Morgan fingerprint density at radius 1 is 1.05 bits per heavy atom. The number of halogens is 2. The number of hydrogen-bond donors (Lipinski definition) is 2. The third-order valence-electron chi connectivity index (χ3n) is 3.61. The van der Waals surface area contributed by atoms with Gasteiger partial charge in [0.1, 0.15) is 0 Å². The van der Waals surface area contributed by atoms with Gasteiger partial charge in [-0.15, -0.1) is 0 Å². The minimum Gasteiger partial charge on any atom is -0.322 e. The van der Waals surface area contributed by atoms with Crippen LogP contribution in [0.15, 0.2) is 42.5 Å². The first kappa shape index (κ1) is 14.4. The van der Waals surface area contributed by atoms with Crippen LogP contribution >= 0.6 is 23.2 Å². The quantitative estimate of drug-likeness (QED) is 0.886. The average molecular weight is 321 g/mol. The molecule has 1 atom stereocenters.